The topological polar surface area (TPSA) is 88.3 Å². The zero-order valence-electron chi connectivity index (χ0n) is 11.0. The summed E-state index contributed by atoms with van der Waals surface area (Å²) in [6, 6.07) is 3.04. The molecule has 0 spiro atoms. The van der Waals surface area contributed by atoms with Crippen molar-refractivity contribution in [1.82, 2.24) is 14.6 Å². The summed E-state index contributed by atoms with van der Waals surface area (Å²) in [6.45, 7) is 2.49. The summed E-state index contributed by atoms with van der Waals surface area (Å²) in [5.74, 6) is 0.433. The van der Waals surface area contributed by atoms with Gasteiger partial charge in [0.25, 0.3) is 0 Å². The van der Waals surface area contributed by atoms with E-state index in [2.05, 4.69) is 21.7 Å². The number of anilines is 1. The minimum Gasteiger partial charge on any atom is -0.383 e. The van der Waals surface area contributed by atoms with Crippen LogP contribution in [0.1, 0.15) is 12.8 Å². The summed E-state index contributed by atoms with van der Waals surface area (Å²) in [5.41, 5.74) is 5.60. The standard InChI is InChI=1S/C12H20N4O2S/c1-16-7-4-10(5-8-16)9-15-19(17,18)11-3-2-6-14-12(11)13/h2-3,6,10,15H,4-5,7-9H2,1H3,(H2,13,14). The van der Waals surface area contributed by atoms with Gasteiger partial charge < -0.3 is 10.6 Å². The number of piperidine rings is 1. The summed E-state index contributed by atoms with van der Waals surface area (Å²) in [6.07, 6.45) is 3.51. The Kier molecular flexibility index (Phi) is 4.38. The molecule has 2 heterocycles. The molecule has 1 aromatic heterocycles. The molecular formula is C12H20N4O2S. The molecule has 0 aliphatic carbocycles. The molecule has 1 aliphatic rings. The number of likely N-dealkylation sites (tertiary alicyclic amines) is 1. The van der Waals surface area contributed by atoms with Gasteiger partial charge in [-0.15, -0.1) is 0 Å². The molecule has 7 heteroatoms. The molecule has 1 fully saturated rings. The Balaban J connectivity index is 1.97. The molecule has 0 atom stereocenters. The minimum atomic E-state index is -3.55. The second-order valence-corrected chi connectivity index (χ2v) is 6.72. The monoisotopic (exact) mass is 284 g/mol. The fraction of sp³-hybridized carbons (Fsp3) is 0.583. The molecule has 106 valence electrons. The van der Waals surface area contributed by atoms with Crippen LogP contribution in [0.2, 0.25) is 0 Å². The van der Waals surface area contributed by atoms with Gasteiger partial charge in [0.05, 0.1) is 0 Å². The van der Waals surface area contributed by atoms with Crippen LogP contribution in [0.3, 0.4) is 0 Å². The second kappa shape index (κ2) is 5.85. The molecule has 2 rings (SSSR count). The smallest absolute Gasteiger partial charge is 0.244 e. The van der Waals surface area contributed by atoms with Crippen molar-refractivity contribution in [3.63, 3.8) is 0 Å². The number of nitrogens with one attached hydrogen (secondary N) is 1. The molecule has 0 saturated carbocycles. The highest BCUT2D eigenvalue weighted by molar-refractivity contribution is 7.89. The van der Waals surface area contributed by atoms with Crippen molar-refractivity contribution in [3.05, 3.63) is 18.3 Å². The first-order chi connectivity index (χ1) is 8.99. The molecule has 0 amide bonds. The average Bonchev–Trinajstić information content (AvgIpc) is 2.38. The average molecular weight is 284 g/mol. The van der Waals surface area contributed by atoms with E-state index in [9.17, 15) is 8.42 Å². The first-order valence-corrected chi connectivity index (χ1v) is 7.86. The fourth-order valence-electron chi connectivity index (χ4n) is 2.20. The number of nitrogen functional groups attached to an aromatic ring is 1. The number of pyridine rings is 1. The van der Waals surface area contributed by atoms with Crippen LogP contribution in [-0.4, -0.2) is 45.0 Å². The van der Waals surface area contributed by atoms with Gasteiger partial charge in [0.15, 0.2) is 0 Å². The maximum atomic E-state index is 12.1. The van der Waals surface area contributed by atoms with Crippen molar-refractivity contribution in [3.8, 4) is 0 Å². The first-order valence-electron chi connectivity index (χ1n) is 6.38. The van der Waals surface area contributed by atoms with Crippen LogP contribution >= 0.6 is 0 Å². The van der Waals surface area contributed by atoms with Crippen molar-refractivity contribution in [2.24, 2.45) is 5.92 Å². The van der Waals surface area contributed by atoms with E-state index in [4.69, 9.17) is 5.73 Å². The number of rotatable bonds is 4. The van der Waals surface area contributed by atoms with Crippen LogP contribution < -0.4 is 10.5 Å². The van der Waals surface area contributed by atoms with E-state index in [-0.39, 0.29) is 10.7 Å². The van der Waals surface area contributed by atoms with Gasteiger partial charge in [0.1, 0.15) is 10.7 Å². The lowest BCUT2D eigenvalue weighted by atomic mass is 9.98. The summed E-state index contributed by atoms with van der Waals surface area (Å²) < 4.78 is 26.9. The summed E-state index contributed by atoms with van der Waals surface area (Å²) >= 11 is 0. The molecule has 0 radical (unpaired) electrons. The van der Waals surface area contributed by atoms with E-state index in [0.29, 0.717) is 12.5 Å². The lowest BCUT2D eigenvalue weighted by Crippen LogP contribution is -2.37. The van der Waals surface area contributed by atoms with Gasteiger partial charge in [-0.05, 0) is 51.0 Å². The van der Waals surface area contributed by atoms with E-state index < -0.39 is 10.0 Å². The molecule has 3 N–H and O–H groups in total. The predicted octanol–water partition coefficient (Wildman–Crippen LogP) is 0.284. The zero-order valence-corrected chi connectivity index (χ0v) is 11.9. The molecule has 6 nitrogen and oxygen atoms in total. The molecule has 19 heavy (non-hydrogen) atoms. The molecule has 1 aromatic rings. The van der Waals surface area contributed by atoms with Crippen molar-refractivity contribution < 1.29 is 8.42 Å². The summed E-state index contributed by atoms with van der Waals surface area (Å²) in [4.78, 5) is 6.11. The van der Waals surface area contributed by atoms with Gasteiger partial charge in [-0.25, -0.2) is 18.1 Å². The highest BCUT2D eigenvalue weighted by Gasteiger charge is 2.22. The van der Waals surface area contributed by atoms with Gasteiger partial charge >= 0.3 is 0 Å². The third-order valence-electron chi connectivity index (χ3n) is 3.49. The zero-order chi connectivity index (χ0) is 13.9. The van der Waals surface area contributed by atoms with Gasteiger partial charge in [0, 0.05) is 12.7 Å². The van der Waals surface area contributed by atoms with E-state index in [0.717, 1.165) is 25.9 Å². The number of sulfonamides is 1. The lowest BCUT2D eigenvalue weighted by molar-refractivity contribution is 0.220. The predicted molar refractivity (Wildman–Crippen MR) is 74.1 cm³/mol. The lowest BCUT2D eigenvalue weighted by Gasteiger charge is -2.28. The third kappa shape index (κ3) is 3.65. The second-order valence-electron chi connectivity index (χ2n) is 4.99. The normalized spacial score (nSPS) is 18.6. The molecule has 1 saturated heterocycles. The van der Waals surface area contributed by atoms with Crippen molar-refractivity contribution >= 4 is 15.8 Å². The van der Waals surface area contributed by atoms with Crippen molar-refractivity contribution in [1.29, 1.82) is 0 Å². The summed E-state index contributed by atoms with van der Waals surface area (Å²) in [5, 5.41) is 0. The Bertz CT molecular complexity index is 524. The van der Waals surface area contributed by atoms with Gasteiger partial charge in [-0.3, -0.25) is 0 Å². The Morgan fingerprint density at radius 2 is 2.16 bits per heavy atom. The fourth-order valence-corrected chi connectivity index (χ4v) is 3.40. The number of nitrogens with two attached hydrogens (primary N) is 1. The largest absolute Gasteiger partial charge is 0.383 e. The van der Waals surface area contributed by atoms with Crippen molar-refractivity contribution in [2.45, 2.75) is 17.7 Å². The van der Waals surface area contributed by atoms with Gasteiger partial charge in [-0.1, -0.05) is 0 Å². The van der Waals surface area contributed by atoms with Gasteiger partial charge in [-0.2, -0.15) is 0 Å². The van der Waals surface area contributed by atoms with E-state index in [1.54, 1.807) is 6.07 Å². The van der Waals surface area contributed by atoms with Crippen LogP contribution in [-0.2, 0) is 10.0 Å². The molecule has 0 aromatic carbocycles. The maximum absolute atomic E-state index is 12.1. The highest BCUT2D eigenvalue weighted by atomic mass is 32.2. The molecular weight excluding hydrogens is 264 g/mol. The van der Waals surface area contributed by atoms with Gasteiger partial charge in [0.2, 0.25) is 10.0 Å². The molecule has 0 unspecified atom stereocenters. The number of nitrogens with zero attached hydrogens (tertiary/aromatic N) is 2. The SMILES string of the molecule is CN1CCC(CNS(=O)(=O)c2cccnc2N)CC1. The van der Waals surface area contributed by atoms with Crippen LogP contribution in [0.4, 0.5) is 5.82 Å². The van der Waals surface area contributed by atoms with E-state index >= 15 is 0 Å². The van der Waals surface area contributed by atoms with Crippen LogP contribution in [0.5, 0.6) is 0 Å². The first kappa shape index (κ1) is 14.2. The Labute approximate surface area is 114 Å². The Morgan fingerprint density at radius 1 is 1.47 bits per heavy atom. The number of hydrogen-bond acceptors (Lipinski definition) is 5. The van der Waals surface area contributed by atoms with Crippen LogP contribution in [0, 0.1) is 5.92 Å². The minimum absolute atomic E-state index is 0.0402. The molecule has 0 bridgehead atoms. The van der Waals surface area contributed by atoms with E-state index in [1.165, 1.54) is 12.3 Å². The van der Waals surface area contributed by atoms with Crippen LogP contribution in [0.15, 0.2) is 23.2 Å². The summed E-state index contributed by atoms with van der Waals surface area (Å²) in [7, 11) is -1.47. The quantitative estimate of drug-likeness (QED) is 0.829. The van der Waals surface area contributed by atoms with Crippen LogP contribution in [0.25, 0.3) is 0 Å². The highest BCUT2D eigenvalue weighted by Crippen LogP contribution is 2.18. The third-order valence-corrected chi connectivity index (χ3v) is 4.96. The van der Waals surface area contributed by atoms with E-state index in [1.807, 2.05) is 0 Å². The number of aromatic nitrogens is 1. The number of hydrogen-bond donors (Lipinski definition) is 2. The Hall–Kier alpha value is -1.18. The Morgan fingerprint density at radius 3 is 2.79 bits per heavy atom. The molecule has 1 aliphatic heterocycles. The van der Waals surface area contributed by atoms with Crippen molar-refractivity contribution in [2.75, 3.05) is 32.4 Å². The maximum Gasteiger partial charge on any atom is 0.244 e.